The van der Waals surface area contributed by atoms with Gasteiger partial charge in [-0.1, -0.05) is 13.3 Å². The summed E-state index contributed by atoms with van der Waals surface area (Å²) >= 11 is 0. The highest BCUT2D eigenvalue weighted by atomic mass is 16.4. The predicted molar refractivity (Wildman–Crippen MR) is 57.7 cm³/mol. The molecule has 0 amide bonds. The Morgan fingerprint density at radius 2 is 2.27 bits per heavy atom. The highest BCUT2D eigenvalue weighted by molar-refractivity contribution is 5.71. The maximum atomic E-state index is 11.1. The molecule has 88 valence electrons. The van der Waals surface area contributed by atoms with Crippen molar-refractivity contribution in [2.75, 3.05) is 20.1 Å². The van der Waals surface area contributed by atoms with E-state index in [9.17, 15) is 9.90 Å². The molecule has 1 aliphatic rings. The summed E-state index contributed by atoms with van der Waals surface area (Å²) in [5, 5.41) is 19.5. The van der Waals surface area contributed by atoms with Gasteiger partial charge in [0.15, 0.2) is 0 Å². The predicted octanol–water partition coefficient (Wildman–Crippen LogP) is 0.944. The molecule has 2 N–H and O–H groups in total. The Hall–Kier alpha value is -0.610. The number of carboxylic acid groups (broad SMARTS) is 1. The zero-order chi connectivity index (χ0) is 11.5. The number of hydrogen-bond donors (Lipinski definition) is 2. The van der Waals surface area contributed by atoms with E-state index in [0.29, 0.717) is 19.4 Å². The molecule has 2 atom stereocenters. The van der Waals surface area contributed by atoms with Gasteiger partial charge in [-0.2, -0.15) is 0 Å². The van der Waals surface area contributed by atoms with Crippen molar-refractivity contribution in [3.8, 4) is 0 Å². The third-order valence-corrected chi connectivity index (χ3v) is 3.22. The number of nitrogens with zero attached hydrogens (tertiary/aromatic N) is 1. The van der Waals surface area contributed by atoms with E-state index in [-0.39, 0.29) is 0 Å². The molecule has 0 aromatic carbocycles. The molecular formula is C11H21NO3. The van der Waals surface area contributed by atoms with Crippen LogP contribution in [0.2, 0.25) is 0 Å². The maximum absolute atomic E-state index is 11.1. The summed E-state index contributed by atoms with van der Waals surface area (Å²) < 4.78 is 0. The number of carboxylic acids is 1. The minimum atomic E-state index is -1.03. The van der Waals surface area contributed by atoms with E-state index >= 15 is 0 Å². The van der Waals surface area contributed by atoms with Gasteiger partial charge in [0.25, 0.3) is 0 Å². The summed E-state index contributed by atoms with van der Waals surface area (Å²) in [4.78, 5) is 13.1. The lowest BCUT2D eigenvalue weighted by Gasteiger charge is -2.41. The van der Waals surface area contributed by atoms with Crippen LogP contribution >= 0.6 is 0 Å². The van der Waals surface area contributed by atoms with Crippen LogP contribution in [0.5, 0.6) is 0 Å². The lowest BCUT2D eigenvalue weighted by molar-refractivity contribution is -0.157. The molecule has 0 aromatic rings. The van der Waals surface area contributed by atoms with Crippen molar-refractivity contribution in [3.63, 3.8) is 0 Å². The molecule has 15 heavy (non-hydrogen) atoms. The average Bonchev–Trinajstić information content (AvgIpc) is 2.13. The molecule has 4 heteroatoms. The molecule has 1 rings (SSSR count). The van der Waals surface area contributed by atoms with Crippen LogP contribution in [0.1, 0.15) is 32.6 Å². The van der Waals surface area contributed by atoms with E-state index in [0.717, 1.165) is 19.4 Å². The molecule has 1 saturated heterocycles. The summed E-state index contributed by atoms with van der Waals surface area (Å²) in [5.74, 6) is -1.49. The van der Waals surface area contributed by atoms with Crippen molar-refractivity contribution in [2.24, 2.45) is 5.92 Å². The molecule has 0 aliphatic carbocycles. The van der Waals surface area contributed by atoms with E-state index in [1.165, 1.54) is 0 Å². The first-order chi connectivity index (χ1) is 6.99. The summed E-state index contributed by atoms with van der Waals surface area (Å²) in [6, 6.07) is 0. The molecular weight excluding hydrogens is 194 g/mol. The second kappa shape index (κ2) is 4.94. The number of aliphatic hydroxyl groups is 1. The van der Waals surface area contributed by atoms with Crippen molar-refractivity contribution in [1.82, 2.24) is 4.90 Å². The second-order valence-corrected chi connectivity index (χ2v) is 4.62. The number of rotatable bonds is 4. The van der Waals surface area contributed by atoms with Gasteiger partial charge in [0.05, 0.1) is 11.5 Å². The van der Waals surface area contributed by atoms with Crippen molar-refractivity contribution in [1.29, 1.82) is 0 Å². The number of β-amino-alcohol motifs (C(OH)–C–C–N with tert-alkyl or cyclic N) is 1. The summed E-state index contributed by atoms with van der Waals surface area (Å²) in [6.45, 7) is 3.37. The van der Waals surface area contributed by atoms with Gasteiger partial charge in [-0.3, -0.25) is 4.79 Å². The molecule has 2 unspecified atom stereocenters. The van der Waals surface area contributed by atoms with E-state index < -0.39 is 17.5 Å². The van der Waals surface area contributed by atoms with Gasteiger partial charge in [0, 0.05) is 6.54 Å². The fourth-order valence-electron chi connectivity index (χ4n) is 2.48. The van der Waals surface area contributed by atoms with Gasteiger partial charge in [0.1, 0.15) is 0 Å². The van der Waals surface area contributed by atoms with Crippen molar-refractivity contribution in [2.45, 2.75) is 38.2 Å². The fourth-order valence-corrected chi connectivity index (χ4v) is 2.48. The Morgan fingerprint density at radius 1 is 1.60 bits per heavy atom. The Bertz CT molecular complexity index is 232. The molecule has 0 bridgehead atoms. The number of likely N-dealkylation sites (tertiary alicyclic amines) is 1. The third-order valence-electron chi connectivity index (χ3n) is 3.22. The van der Waals surface area contributed by atoms with Crippen LogP contribution < -0.4 is 0 Å². The van der Waals surface area contributed by atoms with E-state index in [2.05, 4.69) is 0 Å². The summed E-state index contributed by atoms with van der Waals surface area (Å²) in [5.41, 5.74) is -1.03. The van der Waals surface area contributed by atoms with Gasteiger partial charge in [0.2, 0.25) is 0 Å². The Morgan fingerprint density at radius 3 is 2.73 bits per heavy atom. The zero-order valence-corrected chi connectivity index (χ0v) is 9.57. The maximum Gasteiger partial charge on any atom is 0.309 e. The average molecular weight is 215 g/mol. The molecule has 0 spiro atoms. The highest BCUT2D eigenvalue weighted by Gasteiger charge is 2.43. The lowest BCUT2D eigenvalue weighted by atomic mass is 9.78. The molecule has 1 heterocycles. The van der Waals surface area contributed by atoms with Gasteiger partial charge >= 0.3 is 5.97 Å². The monoisotopic (exact) mass is 215 g/mol. The minimum absolute atomic E-state index is 0.476. The van der Waals surface area contributed by atoms with Crippen molar-refractivity contribution < 1.29 is 15.0 Å². The smallest absolute Gasteiger partial charge is 0.309 e. The Kier molecular flexibility index (Phi) is 4.11. The molecule has 0 radical (unpaired) electrons. The normalized spacial score (nSPS) is 30.1. The number of piperidine rings is 1. The summed E-state index contributed by atoms with van der Waals surface area (Å²) in [7, 11) is 1.93. The fraction of sp³-hybridized carbons (Fsp3) is 0.909. The van der Waals surface area contributed by atoms with Crippen molar-refractivity contribution >= 4 is 5.97 Å². The molecule has 1 aliphatic heterocycles. The quantitative estimate of drug-likeness (QED) is 0.733. The van der Waals surface area contributed by atoms with Crippen LogP contribution in [0.25, 0.3) is 0 Å². The lowest BCUT2D eigenvalue weighted by Crippen LogP contribution is -2.53. The number of aliphatic carboxylic acids is 1. The summed E-state index contributed by atoms with van der Waals surface area (Å²) in [6.07, 6.45) is 2.83. The van der Waals surface area contributed by atoms with Crippen LogP contribution in [0.4, 0.5) is 0 Å². The third kappa shape index (κ3) is 2.92. The number of carbonyl (C=O) groups is 1. The largest absolute Gasteiger partial charge is 0.481 e. The van der Waals surface area contributed by atoms with Gasteiger partial charge in [-0.15, -0.1) is 0 Å². The molecule has 4 nitrogen and oxygen atoms in total. The first-order valence-electron chi connectivity index (χ1n) is 5.63. The standard InChI is InChI=1S/C11H21NO3/c1-3-5-9(10(13)14)11(15)6-4-7-12(2)8-11/h9,15H,3-8H2,1-2H3,(H,13,14). The highest BCUT2D eigenvalue weighted by Crippen LogP contribution is 2.31. The Balaban J connectivity index is 2.74. The first-order valence-corrected chi connectivity index (χ1v) is 5.63. The van der Waals surface area contributed by atoms with Gasteiger partial charge in [-0.25, -0.2) is 0 Å². The van der Waals surface area contributed by atoms with Gasteiger partial charge in [-0.05, 0) is 32.9 Å². The molecule has 0 saturated carbocycles. The SMILES string of the molecule is CCCC(C(=O)O)C1(O)CCCN(C)C1. The first kappa shape index (κ1) is 12.5. The minimum Gasteiger partial charge on any atom is -0.481 e. The van der Waals surface area contributed by atoms with Gasteiger partial charge < -0.3 is 15.1 Å². The molecule has 1 fully saturated rings. The molecule has 0 aromatic heterocycles. The number of hydrogen-bond acceptors (Lipinski definition) is 3. The number of likely N-dealkylation sites (N-methyl/N-ethyl adjacent to an activating group) is 1. The van der Waals surface area contributed by atoms with E-state index in [4.69, 9.17) is 5.11 Å². The van der Waals surface area contributed by atoms with E-state index in [1.54, 1.807) is 0 Å². The van der Waals surface area contributed by atoms with Crippen LogP contribution in [-0.4, -0.2) is 46.8 Å². The van der Waals surface area contributed by atoms with Crippen LogP contribution in [0, 0.1) is 5.92 Å². The van der Waals surface area contributed by atoms with Crippen LogP contribution in [0.15, 0.2) is 0 Å². The van der Waals surface area contributed by atoms with Crippen molar-refractivity contribution in [3.05, 3.63) is 0 Å². The second-order valence-electron chi connectivity index (χ2n) is 4.62. The van der Waals surface area contributed by atoms with Crippen LogP contribution in [-0.2, 0) is 4.79 Å². The van der Waals surface area contributed by atoms with E-state index in [1.807, 2.05) is 18.9 Å². The zero-order valence-electron chi connectivity index (χ0n) is 9.57. The topological polar surface area (TPSA) is 60.8 Å². The van der Waals surface area contributed by atoms with Crippen LogP contribution in [0.3, 0.4) is 0 Å². The Labute approximate surface area is 90.9 Å².